The number of rotatable bonds is 0. The molecule has 84 valence electrons. The first-order valence-electron chi connectivity index (χ1n) is 5.45. The van der Waals surface area contributed by atoms with E-state index in [0.717, 1.165) is 19.3 Å². The Morgan fingerprint density at radius 3 is 2.67 bits per heavy atom. The number of fused-ring (bicyclic) bond motifs is 1. The molecular weight excluding hydrogens is 192 g/mol. The van der Waals surface area contributed by atoms with Crippen LogP contribution in [0.15, 0.2) is 12.2 Å². The number of hydrogen-bond donors (Lipinski definition) is 1. The summed E-state index contributed by atoms with van der Waals surface area (Å²) in [5.41, 5.74) is -2.05. The molecule has 3 nitrogen and oxygen atoms in total. The van der Waals surface area contributed by atoms with Gasteiger partial charge in [-0.15, -0.1) is 0 Å². The number of esters is 1. The maximum atomic E-state index is 11.3. The topological polar surface area (TPSA) is 46.5 Å². The summed E-state index contributed by atoms with van der Waals surface area (Å²) in [4.78, 5) is 11.3. The molecule has 0 amide bonds. The molecule has 1 fully saturated rings. The molecule has 0 aromatic heterocycles. The lowest BCUT2D eigenvalue weighted by Crippen LogP contribution is -2.65. The zero-order valence-corrected chi connectivity index (χ0v) is 9.54. The summed E-state index contributed by atoms with van der Waals surface area (Å²) in [6.07, 6.45) is 5.61. The van der Waals surface area contributed by atoms with E-state index >= 15 is 0 Å². The molecule has 1 heterocycles. The van der Waals surface area contributed by atoms with E-state index in [1.165, 1.54) is 6.08 Å². The van der Waals surface area contributed by atoms with Gasteiger partial charge >= 0.3 is 5.97 Å². The first-order chi connectivity index (χ1) is 6.81. The lowest BCUT2D eigenvalue weighted by Gasteiger charge is -2.56. The second-order valence-electron chi connectivity index (χ2n) is 5.49. The average molecular weight is 210 g/mol. The minimum atomic E-state index is -1.04. The van der Waals surface area contributed by atoms with Crippen LogP contribution >= 0.6 is 0 Å². The van der Waals surface area contributed by atoms with Crippen LogP contribution in [0.2, 0.25) is 0 Å². The normalized spacial score (nSPS) is 43.3. The Morgan fingerprint density at radius 2 is 2.00 bits per heavy atom. The van der Waals surface area contributed by atoms with Crippen molar-refractivity contribution in [1.29, 1.82) is 0 Å². The summed E-state index contributed by atoms with van der Waals surface area (Å²) in [5.74, 6) is -0.347. The Hall–Kier alpha value is -0.830. The number of ether oxygens (including phenoxy) is 1. The molecule has 1 aliphatic heterocycles. The fourth-order valence-electron chi connectivity index (χ4n) is 2.94. The molecule has 0 bridgehead atoms. The summed E-state index contributed by atoms with van der Waals surface area (Å²) in [6.45, 7) is 5.87. The van der Waals surface area contributed by atoms with E-state index in [-0.39, 0.29) is 11.4 Å². The first kappa shape index (κ1) is 10.7. The summed E-state index contributed by atoms with van der Waals surface area (Å²) in [5, 5.41) is 10.7. The van der Waals surface area contributed by atoms with Crippen LogP contribution in [0, 0.1) is 5.41 Å². The van der Waals surface area contributed by atoms with Gasteiger partial charge < -0.3 is 9.84 Å². The van der Waals surface area contributed by atoms with Crippen LogP contribution in [-0.4, -0.2) is 22.3 Å². The standard InChI is InChI=1S/C12H18O3/c1-10(2)6-4-7-11(3)12(10,14)8-5-9(13)15-11/h5,8,14H,4,6-7H2,1-3H3/t11-,12+/m1/s1. The second-order valence-corrected chi connectivity index (χ2v) is 5.49. The maximum absolute atomic E-state index is 11.3. The minimum Gasteiger partial charge on any atom is -0.453 e. The van der Waals surface area contributed by atoms with Crippen molar-refractivity contribution >= 4 is 5.97 Å². The van der Waals surface area contributed by atoms with Gasteiger partial charge in [0.15, 0.2) is 0 Å². The van der Waals surface area contributed by atoms with Crippen LogP contribution in [0.25, 0.3) is 0 Å². The van der Waals surface area contributed by atoms with Crippen molar-refractivity contribution in [1.82, 2.24) is 0 Å². The van der Waals surface area contributed by atoms with E-state index < -0.39 is 11.2 Å². The monoisotopic (exact) mass is 210 g/mol. The van der Waals surface area contributed by atoms with Crippen LogP contribution in [0.3, 0.4) is 0 Å². The summed E-state index contributed by atoms with van der Waals surface area (Å²) in [6, 6.07) is 0. The Balaban J connectivity index is 2.50. The quantitative estimate of drug-likeness (QED) is 0.620. The van der Waals surface area contributed by atoms with Crippen LogP contribution in [0.1, 0.15) is 40.0 Å². The van der Waals surface area contributed by atoms with Gasteiger partial charge in [0, 0.05) is 11.5 Å². The van der Waals surface area contributed by atoms with E-state index in [1.807, 2.05) is 20.8 Å². The summed E-state index contributed by atoms with van der Waals surface area (Å²) in [7, 11) is 0. The predicted octanol–water partition coefficient (Wildman–Crippen LogP) is 1.80. The lowest BCUT2D eigenvalue weighted by atomic mass is 9.58. The van der Waals surface area contributed by atoms with E-state index in [4.69, 9.17) is 4.74 Å². The summed E-state index contributed by atoms with van der Waals surface area (Å²) < 4.78 is 5.34. The molecule has 1 aliphatic carbocycles. The van der Waals surface area contributed by atoms with Crippen LogP contribution in [0.5, 0.6) is 0 Å². The zero-order valence-electron chi connectivity index (χ0n) is 9.54. The summed E-state index contributed by atoms with van der Waals surface area (Å²) >= 11 is 0. The molecule has 0 unspecified atom stereocenters. The van der Waals surface area contributed by atoms with Crippen molar-refractivity contribution in [3.63, 3.8) is 0 Å². The van der Waals surface area contributed by atoms with Gasteiger partial charge in [-0.25, -0.2) is 4.79 Å². The maximum Gasteiger partial charge on any atom is 0.331 e. The highest BCUT2D eigenvalue weighted by molar-refractivity contribution is 5.84. The molecule has 0 aromatic carbocycles. The molecule has 0 radical (unpaired) electrons. The third kappa shape index (κ3) is 1.26. The second kappa shape index (κ2) is 2.85. The van der Waals surface area contributed by atoms with Gasteiger partial charge in [0.2, 0.25) is 0 Å². The molecule has 15 heavy (non-hydrogen) atoms. The van der Waals surface area contributed by atoms with Crippen molar-refractivity contribution < 1.29 is 14.6 Å². The molecule has 2 rings (SSSR count). The number of carbonyl (C=O) groups is 1. The van der Waals surface area contributed by atoms with Gasteiger partial charge in [-0.1, -0.05) is 13.8 Å². The molecule has 0 aromatic rings. The molecular formula is C12H18O3. The van der Waals surface area contributed by atoms with E-state index in [0.29, 0.717) is 0 Å². The Morgan fingerprint density at radius 1 is 1.33 bits per heavy atom. The van der Waals surface area contributed by atoms with Gasteiger partial charge in [-0.3, -0.25) is 0 Å². The average Bonchev–Trinajstić information content (AvgIpc) is 2.09. The van der Waals surface area contributed by atoms with Crippen LogP contribution in [0.4, 0.5) is 0 Å². The largest absolute Gasteiger partial charge is 0.453 e. The minimum absolute atomic E-state index is 0.253. The molecule has 3 heteroatoms. The Bertz CT molecular complexity index is 332. The van der Waals surface area contributed by atoms with Gasteiger partial charge in [0.05, 0.1) is 0 Å². The van der Waals surface area contributed by atoms with Crippen molar-refractivity contribution in [2.24, 2.45) is 5.41 Å². The van der Waals surface area contributed by atoms with Gasteiger partial charge in [-0.2, -0.15) is 0 Å². The molecule has 1 N–H and O–H groups in total. The number of aliphatic hydroxyl groups is 1. The van der Waals surface area contributed by atoms with Gasteiger partial charge in [-0.05, 0) is 32.3 Å². The smallest absolute Gasteiger partial charge is 0.331 e. The molecule has 0 spiro atoms. The fourth-order valence-corrected chi connectivity index (χ4v) is 2.94. The van der Waals surface area contributed by atoms with Crippen LogP contribution < -0.4 is 0 Å². The molecule has 0 saturated heterocycles. The number of carbonyl (C=O) groups excluding carboxylic acids is 1. The van der Waals surface area contributed by atoms with Gasteiger partial charge in [0.25, 0.3) is 0 Å². The van der Waals surface area contributed by atoms with E-state index in [1.54, 1.807) is 6.08 Å². The lowest BCUT2D eigenvalue weighted by molar-refractivity contribution is -0.222. The Kier molecular flexibility index (Phi) is 2.03. The number of hydrogen-bond acceptors (Lipinski definition) is 3. The Labute approximate surface area is 90.1 Å². The first-order valence-corrected chi connectivity index (χ1v) is 5.45. The molecule has 2 atom stereocenters. The van der Waals surface area contributed by atoms with Gasteiger partial charge in [0.1, 0.15) is 11.2 Å². The molecule has 2 aliphatic rings. The van der Waals surface area contributed by atoms with Crippen LogP contribution in [-0.2, 0) is 9.53 Å². The van der Waals surface area contributed by atoms with Crippen molar-refractivity contribution in [3.8, 4) is 0 Å². The van der Waals surface area contributed by atoms with E-state index in [2.05, 4.69) is 0 Å². The van der Waals surface area contributed by atoms with E-state index in [9.17, 15) is 9.90 Å². The van der Waals surface area contributed by atoms with Crippen molar-refractivity contribution in [2.75, 3.05) is 0 Å². The molecule has 1 saturated carbocycles. The zero-order chi connectivity index (χ0) is 11.3. The van der Waals surface area contributed by atoms with Crippen molar-refractivity contribution in [3.05, 3.63) is 12.2 Å². The predicted molar refractivity (Wildman–Crippen MR) is 56.2 cm³/mol. The third-order valence-corrected chi connectivity index (χ3v) is 4.08. The van der Waals surface area contributed by atoms with Crippen molar-refractivity contribution in [2.45, 2.75) is 51.2 Å². The highest BCUT2D eigenvalue weighted by Crippen LogP contribution is 2.52. The fraction of sp³-hybridized carbons (Fsp3) is 0.750. The SMILES string of the molecule is CC1(C)CCC[C@@]2(C)OC(=O)C=C[C@]12O. The highest BCUT2D eigenvalue weighted by Gasteiger charge is 2.60. The highest BCUT2D eigenvalue weighted by atomic mass is 16.6. The third-order valence-electron chi connectivity index (χ3n) is 4.08.